The van der Waals surface area contributed by atoms with Crippen molar-refractivity contribution in [3.63, 3.8) is 0 Å². The van der Waals surface area contributed by atoms with E-state index in [1.165, 1.54) is 116 Å². The third-order valence-electron chi connectivity index (χ3n) is 6.66. The van der Waals surface area contributed by atoms with Gasteiger partial charge in [-0.05, 0) is 69.6 Å². The molecule has 4 N–H and O–H groups in total. The minimum atomic E-state index is 0.501. The van der Waals surface area contributed by atoms with Gasteiger partial charge in [-0.1, -0.05) is 71.6 Å². The molecule has 0 unspecified atom stereocenters. The fourth-order valence-electron chi connectivity index (χ4n) is 4.70. The molecule has 2 rings (SSSR count). The van der Waals surface area contributed by atoms with Crippen LogP contribution in [0.3, 0.4) is 0 Å². The molecule has 2 saturated carbocycles. The molecule has 2 heteroatoms. The second-order valence-corrected chi connectivity index (χ2v) is 9.27. The van der Waals surface area contributed by atoms with Gasteiger partial charge in [0.2, 0.25) is 0 Å². The van der Waals surface area contributed by atoms with Gasteiger partial charge in [-0.3, -0.25) is 0 Å². The zero-order chi connectivity index (χ0) is 19.0. The Balaban J connectivity index is 0.000000276. The molecule has 2 nitrogen and oxygen atoms in total. The predicted molar refractivity (Wildman–Crippen MR) is 117 cm³/mol. The van der Waals surface area contributed by atoms with Gasteiger partial charge in [0.15, 0.2) is 0 Å². The second-order valence-electron chi connectivity index (χ2n) is 9.27. The number of hydrogen-bond acceptors (Lipinski definition) is 2. The molecule has 0 saturated heterocycles. The minimum Gasteiger partial charge on any atom is -0.328 e. The van der Waals surface area contributed by atoms with E-state index in [9.17, 15) is 0 Å². The van der Waals surface area contributed by atoms with Crippen molar-refractivity contribution in [1.29, 1.82) is 0 Å². The molecule has 0 radical (unpaired) electrons. The molecule has 0 aromatic heterocycles. The van der Waals surface area contributed by atoms with Crippen LogP contribution in [-0.4, -0.2) is 12.1 Å². The summed E-state index contributed by atoms with van der Waals surface area (Å²) in [6.07, 6.45) is 25.0. The van der Waals surface area contributed by atoms with Gasteiger partial charge in [0.25, 0.3) is 0 Å². The van der Waals surface area contributed by atoms with Crippen molar-refractivity contribution in [2.75, 3.05) is 0 Å². The summed E-state index contributed by atoms with van der Waals surface area (Å²) < 4.78 is 0. The Labute approximate surface area is 165 Å². The molecule has 0 spiro atoms. The zero-order valence-corrected chi connectivity index (χ0v) is 18.2. The molecular weight excluding hydrogens is 316 g/mol. The van der Waals surface area contributed by atoms with Gasteiger partial charge in [0, 0.05) is 12.1 Å². The van der Waals surface area contributed by atoms with Gasteiger partial charge in [-0.15, -0.1) is 0 Å². The normalized spacial score (nSPS) is 29.1. The Morgan fingerprint density at radius 2 is 0.808 bits per heavy atom. The maximum absolute atomic E-state index is 5.93. The van der Waals surface area contributed by atoms with E-state index in [1.54, 1.807) is 0 Å². The highest BCUT2D eigenvalue weighted by molar-refractivity contribution is 4.80. The third-order valence-corrected chi connectivity index (χ3v) is 6.66. The molecule has 2 aliphatic rings. The van der Waals surface area contributed by atoms with Gasteiger partial charge in [-0.25, -0.2) is 0 Å². The first-order valence-electron chi connectivity index (χ1n) is 12.2. The first-order valence-corrected chi connectivity index (χ1v) is 12.2. The summed E-state index contributed by atoms with van der Waals surface area (Å²) in [6, 6.07) is 1.00. The first kappa shape index (κ1) is 24.0. The van der Waals surface area contributed by atoms with Crippen LogP contribution in [0.1, 0.15) is 129 Å². The number of rotatable bonds is 10. The summed E-state index contributed by atoms with van der Waals surface area (Å²) in [7, 11) is 0. The Morgan fingerprint density at radius 1 is 0.500 bits per heavy atom. The zero-order valence-electron chi connectivity index (χ0n) is 18.2. The lowest BCUT2D eigenvalue weighted by Crippen LogP contribution is -2.30. The Hall–Kier alpha value is -0.0800. The van der Waals surface area contributed by atoms with Gasteiger partial charge in [0.05, 0.1) is 0 Å². The van der Waals surface area contributed by atoms with Crippen LogP contribution < -0.4 is 11.5 Å². The highest BCUT2D eigenvalue weighted by Crippen LogP contribution is 2.34. The van der Waals surface area contributed by atoms with E-state index in [4.69, 9.17) is 11.5 Å². The summed E-state index contributed by atoms with van der Waals surface area (Å²) in [5.74, 6) is 1.95. The second kappa shape index (κ2) is 15.9. The molecule has 0 aromatic carbocycles. The minimum absolute atomic E-state index is 0.501. The largest absolute Gasteiger partial charge is 0.328 e. The molecule has 26 heavy (non-hydrogen) atoms. The highest BCUT2D eigenvalue weighted by Gasteiger charge is 2.24. The van der Waals surface area contributed by atoms with Crippen LogP contribution in [0, 0.1) is 11.8 Å². The van der Waals surface area contributed by atoms with Gasteiger partial charge in [0.1, 0.15) is 0 Å². The third kappa shape index (κ3) is 12.3. The summed E-state index contributed by atoms with van der Waals surface area (Å²) in [6.45, 7) is 4.55. The topological polar surface area (TPSA) is 52.0 Å². The molecule has 2 fully saturated rings. The summed E-state index contributed by atoms with van der Waals surface area (Å²) in [4.78, 5) is 0. The van der Waals surface area contributed by atoms with Crippen molar-refractivity contribution in [3.05, 3.63) is 0 Å². The average Bonchev–Trinajstić information content (AvgIpc) is 2.65. The van der Waals surface area contributed by atoms with Crippen molar-refractivity contribution in [1.82, 2.24) is 0 Å². The summed E-state index contributed by atoms with van der Waals surface area (Å²) in [5.41, 5.74) is 11.9. The van der Waals surface area contributed by atoms with Crippen molar-refractivity contribution >= 4 is 0 Å². The maximum atomic E-state index is 5.93. The van der Waals surface area contributed by atoms with Crippen LogP contribution in [0.4, 0.5) is 0 Å². The lowest BCUT2D eigenvalue weighted by molar-refractivity contribution is 0.225. The van der Waals surface area contributed by atoms with Crippen LogP contribution >= 0.6 is 0 Å². The van der Waals surface area contributed by atoms with Gasteiger partial charge < -0.3 is 11.5 Å². The van der Waals surface area contributed by atoms with E-state index in [2.05, 4.69) is 13.8 Å². The molecule has 0 bridgehead atoms. The first-order chi connectivity index (χ1) is 12.7. The Bertz CT molecular complexity index is 261. The van der Waals surface area contributed by atoms with Gasteiger partial charge in [-0.2, -0.15) is 0 Å². The highest BCUT2D eigenvalue weighted by atomic mass is 14.6. The number of nitrogens with two attached hydrogens (primary N) is 2. The molecule has 0 atom stereocenters. The monoisotopic (exact) mass is 366 g/mol. The van der Waals surface area contributed by atoms with Crippen LogP contribution in [0.15, 0.2) is 0 Å². The fourth-order valence-corrected chi connectivity index (χ4v) is 4.70. The van der Waals surface area contributed by atoms with Crippen molar-refractivity contribution in [3.8, 4) is 0 Å². The van der Waals surface area contributed by atoms with E-state index in [0.29, 0.717) is 12.1 Å². The predicted octanol–water partition coefficient (Wildman–Crippen LogP) is 6.95. The lowest BCUT2D eigenvalue weighted by Gasteiger charge is -2.32. The number of unbranched alkanes of at least 4 members (excludes halogenated alkanes) is 8. The standard InChI is InChI=1S/C13H26N2.C11H24/c14-12-5-1-10(2-6-12)9-11-3-7-13(15)8-4-11;1-3-5-7-9-11-10-8-6-4-2/h10-13H,1-9,14-15H2;3-11H2,1-2H3. The van der Waals surface area contributed by atoms with Crippen LogP contribution in [0.25, 0.3) is 0 Å². The molecule has 0 heterocycles. The van der Waals surface area contributed by atoms with Crippen LogP contribution in [0.2, 0.25) is 0 Å². The molecule has 0 aliphatic heterocycles. The van der Waals surface area contributed by atoms with Crippen molar-refractivity contribution in [2.24, 2.45) is 23.3 Å². The maximum Gasteiger partial charge on any atom is 0.00390 e. The molecule has 156 valence electrons. The fraction of sp³-hybridized carbons (Fsp3) is 1.00. The Kier molecular flexibility index (Phi) is 14.7. The van der Waals surface area contributed by atoms with Gasteiger partial charge >= 0.3 is 0 Å². The molecular formula is C24H50N2. The quantitative estimate of drug-likeness (QED) is 0.411. The van der Waals surface area contributed by atoms with E-state index in [1.807, 2.05) is 0 Å². The Morgan fingerprint density at radius 3 is 1.12 bits per heavy atom. The van der Waals surface area contributed by atoms with E-state index in [0.717, 1.165) is 11.8 Å². The van der Waals surface area contributed by atoms with Crippen LogP contribution in [0.5, 0.6) is 0 Å². The van der Waals surface area contributed by atoms with Crippen LogP contribution in [-0.2, 0) is 0 Å². The summed E-state index contributed by atoms with van der Waals surface area (Å²) in [5, 5.41) is 0. The van der Waals surface area contributed by atoms with E-state index < -0.39 is 0 Å². The SMILES string of the molecule is CCCCCCCCCCC.NC1CCC(CC2CCC(N)CC2)CC1. The molecule has 0 amide bonds. The molecule has 2 aliphatic carbocycles. The lowest BCUT2D eigenvalue weighted by atomic mass is 9.76. The number of hydrogen-bond donors (Lipinski definition) is 2. The summed E-state index contributed by atoms with van der Waals surface area (Å²) >= 11 is 0. The smallest absolute Gasteiger partial charge is 0.00390 e. The van der Waals surface area contributed by atoms with Crippen molar-refractivity contribution < 1.29 is 0 Å². The average molecular weight is 367 g/mol. The van der Waals surface area contributed by atoms with E-state index in [-0.39, 0.29) is 0 Å². The molecule has 0 aromatic rings. The van der Waals surface area contributed by atoms with E-state index >= 15 is 0 Å². The van der Waals surface area contributed by atoms with Crippen molar-refractivity contribution in [2.45, 2.75) is 142 Å².